The third-order valence-electron chi connectivity index (χ3n) is 7.90. The highest BCUT2D eigenvalue weighted by atomic mass is 32.2. The van der Waals surface area contributed by atoms with Crippen LogP contribution in [0.2, 0.25) is 0 Å². The lowest BCUT2D eigenvalue weighted by atomic mass is 10.0. The van der Waals surface area contributed by atoms with E-state index in [1.54, 1.807) is 24.3 Å². The van der Waals surface area contributed by atoms with Crippen molar-refractivity contribution in [1.82, 2.24) is 4.72 Å². The summed E-state index contributed by atoms with van der Waals surface area (Å²) in [5.41, 5.74) is 8.83. The number of benzene rings is 2. The maximum absolute atomic E-state index is 12.8. The molecular formula is C39H56N4O3S. The Morgan fingerprint density at radius 2 is 1.02 bits per heavy atom. The second-order valence-electron chi connectivity index (χ2n) is 12.5. The molecule has 2 N–H and O–H groups in total. The molecule has 0 saturated heterocycles. The Morgan fingerprint density at radius 3 is 1.43 bits per heavy atom. The van der Waals surface area contributed by atoms with Crippen LogP contribution < -0.4 is 9.62 Å². The van der Waals surface area contributed by atoms with Crippen LogP contribution in [0.5, 0.6) is 0 Å². The van der Waals surface area contributed by atoms with Gasteiger partial charge in [0.2, 0.25) is 10.0 Å². The Morgan fingerprint density at radius 1 is 0.638 bits per heavy atom. The lowest BCUT2D eigenvalue weighted by molar-refractivity contribution is 0.341. The Kier molecular flexibility index (Phi) is 18.0. The van der Waals surface area contributed by atoms with E-state index in [4.69, 9.17) is 5.11 Å². The molecule has 0 unspecified atom stereocenters. The van der Waals surface area contributed by atoms with Gasteiger partial charge >= 0.3 is 0 Å². The van der Waals surface area contributed by atoms with E-state index in [2.05, 4.69) is 66.9 Å². The molecule has 256 valence electrons. The molecule has 0 aliphatic rings. The number of aliphatic hydroxyl groups excluding tert-OH is 1. The number of allylic oxidation sites excluding steroid dienone is 8. The largest absolute Gasteiger partial charge is 0.392 e. The van der Waals surface area contributed by atoms with Gasteiger partial charge in [0, 0.05) is 26.3 Å². The fourth-order valence-corrected chi connectivity index (χ4v) is 5.82. The average Bonchev–Trinajstić information content (AvgIpc) is 3.03. The van der Waals surface area contributed by atoms with Crippen LogP contribution in [0.15, 0.2) is 122 Å². The quantitative estimate of drug-likeness (QED) is 0.109. The lowest BCUT2D eigenvalue weighted by Gasteiger charge is -2.11. The third kappa shape index (κ3) is 16.7. The standard InChI is InChI=1S/C39H56N4O3S/c1-31(12-8-14-32(2)16-10-18-34(4)28-29-44)13-9-15-33(3)17-11-19-35(5)30-40-47(45,46)39-26-22-37(23-27-39)42-41-36-20-24-38(25-21-36)43(6)7/h12,15-16,19-28,40,44H,8-11,13-14,17-18,29-30H2,1-7H3/b31-12+,32-16+,33-15+,34-28+,35-19+,42-41?. The van der Waals surface area contributed by atoms with Gasteiger partial charge in [0.1, 0.15) is 0 Å². The molecule has 2 aromatic rings. The van der Waals surface area contributed by atoms with Crippen LogP contribution in [-0.2, 0) is 10.0 Å². The molecule has 7 nitrogen and oxygen atoms in total. The molecule has 0 saturated carbocycles. The number of sulfonamides is 1. The SMILES string of the molecule is C/C(=C\CO)CC/C=C(\C)CC/C=C(\C)CC/C=C(\C)CC/C=C(\C)CNS(=O)(=O)c1ccc(N=Nc2ccc(N(C)C)cc2)cc1. The molecule has 2 aromatic carbocycles. The van der Waals surface area contributed by atoms with Crippen molar-refractivity contribution in [3.63, 3.8) is 0 Å². The molecule has 0 heterocycles. The van der Waals surface area contributed by atoms with Crippen LogP contribution >= 0.6 is 0 Å². The molecule has 0 aliphatic heterocycles. The predicted octanol–water partition coefficient (Wildman–Crippen LogP) is 10.3. The Bertz CT molecular complexity index is 1530. The number of aliphatic hydroxyl groups is 1. The molecule has 0 spiro atoms. The Labute approximate surface area is 284 Å². The number of anilines is 1. The smallest absolute Gasteiger partial charge is 0.240 e. The molecule has 0 fully saturated rings. The first-order valence-corrected chi connectivity index (χ1v) is 18.1. The van der Waals surface area contributed by atoms with Crippen molar-refractivity contribution in [1.29, 1.82) is 0 Å². The molecule has 0 amide bonds. The van der Waals surface area contributed by atoms with Gasteiger partial charge in [-0.3, -0.25) is 0 Å². The molecule has 0 aliphatic carbocycles. The van der Waals surface area contributed by atoms with E-state index in [0.717, 1.165) is 68.3 Å². The summed E-state index contributed by atoms with van der Waals surface area (Å²) in [6.45, 7) is 11.0. The van der Waals surface area contributed by atoms with Crippen LogP contribution in [0, 0.1) is 0 Å². The van der Waals surface area contributed by atoms with Crippen LogP contribution in [0.25, 0.3) is 0 Å². The minimum Gasteiger partial charge on any atom is -0.392 e. The number of azo groups is 1. The number of nitrogens with zero attached hydrogens (tertiary/aromatic N) is 3. The Balaban J connectivity index is 1.72. The summed E-state index contributed by atoms with van der Waals surface area (Å²) in [5.74, 6) is 0. The number of nitrogens with one attached hydrogen (secondary N) is 1. The van der Waals surface area contributed by atoms with Gasteiger partial charge in [-0.25, -0.2) is 13.1 Å². The first-order chi connectivity index (χ1) is 22.4. The summed E-state index contributed by atoms with van der Waals surface area (Å²) in [4.78, 5) is 2.21. The van der Waals surface area contributed by atoms with E-state index >= 15 is 0 Å². The maximum Gasteiger partial charge on any atom is 0.240 e. The minimum absolute atomic E-state index is 0.123. The van der Waals surface area contributed by atoms with Gasteiger partial charge in [-0.2, -0.15) is 10.2 Å². The maximum atomic E-state index is 12.8. The summed E-state index contributed by atoms with van der Waals surface area (Å²) in [6.07, 6.45) is 19.1. The van der Waals surface area contributed by atoms with E-state index in [1.807, 2.05) is 56.3 Å². The average molecular weight is 661 g/mol. The monoisotopic (exact) mass is 660 g/mol. The van der Waals surface area contributed by atoms with Gasteiger partial charge in [0.05, 0.1) is 22.9 Å². The van der Waals surface area contributed by atoms with Crippen LogP contribution in [0.1, 0.15) is 86.0 Å². The van der Waals surface area contributed by atoms with Crippen molar-refractivity contribution < 1.29 is 13.5 Å². The number of rotatable bonds is 20. The predicted molar refractivity (Wildman–Crippen MR) is 199 cm³/mol. The van der Waals surface area contributed by atoms with Crippen LogP contribution in [-0.4, -0.2) is 40.8 Å². The number of hydrogen-bond acceptors (Lipinski definition) is 6. The highest BCUT2D eigenvalue weighted by Gasteiger charge is 2.13. The second-order valence-corrected chi connectivity index (χ2v) is 14.3. The summed E-state index contributed by atoms with van der Waals surface area (Å²) in [5, 5.41) is 17.4. The van der Waals surface area contributed by atoms with Gasteiger partial charge in [-0.15, -0.1) is 0 Å². The third-order valence-corrected chi connectivity index (χ3v) is 9.32. The van der Waals surface area contributed by atoms with E-state index in [1.165, 1.54) is 22.3 Å². The van der Waals surface area contributed by atoms with Gasteiger partial charge in [0.15, 0.2) is 0 Å². The highest BCUT2D eigenvalue weighted by molar-refractivity contribution is 7.89. The van der Waals surface area contributed by atoms with E-state index in [0.29, 0.717) is 5.69 Å². The topological polar surface area (TPSA) is 94.4 Å². The van der Waals surface area contributed by atoms with E-state index < -0.39 is 10.0 Å². The molecule has 0 atom stereocenters. The zero-order valence-electron chi connectivity index (χ0n) is 29.6. The fourth-order valence-electron chi connectivity index (χ4n) is 4.74. The van der Waals surface area contributed by atoms with E-state index in [9.17, 15) is 8.42 Å². The molecule has 8 heteroatoms. The van der Waals surface area contributed by atoms with Crippen LogP contribution in [0.3, 0.4) is 0 Å². The van der Waals surface area contributed by atoms with Crippen molar-refractivity contribution in [3.8, 4) is 0 Å². The normalized spacial score (nSPS) is 13.9. The van der Waals surface area contributed by atoms with Gasteiger partial charge < -0.3 is 10.0 Å². The second kappa shape index (κ2) is 21.3. The van der Waals surface area contributed by atoms with Gasteiger partial charge in [-0.05, 0) is 135 Å². The molecule has 0 bridgehead atoms. The first-order valence-electron chi connectivity index (χ1n) is 16.6. The summed E-state index contributed by atoms with van der Waals surface area (Å²) < 4.78 is 28.4. The van der Waals surface area contributed by atoms with Crippen molar-refractivity contribution in [3.05, 3.63) is 107 Å². The van der Waals surface area contributed by atoms with Crippen molar-refractivity contribution >= 4 is 27.1 Å². The zero-order chi connectivity index (χ0) is 34.7. The molecule has 47 heavy (non-hydrogen) atoms. The molecule has 2 rings (SSSR count). The summed E-state index contributed by atoms with van der Waals surface area (Å²) >= 11 is 0. The number of hydrogen-bond donors (Lipinski definition) is 2. The van der Waals surface area contributed by atoms with Crippen molar-refractivity contribution in [2.75, 3.05) is 32.1 Å². The van der Waals surface area contributed by atoms with E-state index in [-0.39, 0.29) is 18.0 Å². The lowest BCUT2D eigenvalue weighted by Crippen LogP contribution is -2.25. The van der Waals surface area contributed by atoms with Gasteiger partial charge in [0.25, 0.3) is 0 Å². The minimum atomic E-state index is -3.63. The molecule has 0 aromatic heterocycles. The fraction of sp³-hybridized carbons (Fsp3) is 0.436. The van der Waals surface area contributed by atoms with Crippen molar-refractivity contribution in [2.45, 2.75) is 90.9 Å². The Hall–Kier alpha value is -3.59. The zero-order valence-corrected chi connectivity index (χ0v) is 30.4. The van der Waals surface area contributed by atoms with Gasteiger partial charge in [-0.1, -0.05) is 58.2 Å². The summed E-state index contributed by atoms with van der Waals surface area (Å²) in [6, 6.07) is 14.1. The highest BCUT2D eigenvalue weighted by Crippen LogP contribution is 2.23. The molecular weight excluding hydrogens is 605 g/mol. The van der Waals surface area contributed by atoms with Crippen LogP contribution in [0.4, 0.5) is 17.1 Å². The summed E-state index contributed by atoms with van der Waals surface area (Å²) in [7, 11) is 0.327. The first kappa shape index (κ1) is 39.6. The van der Waals surface area contributed by atoms with Crippen molar-refractivity contribution in [2.24, 2.45) is 10.2 Å². The molecule has 0 radical (unpaired) electrons.